The molecule has 2 rings (SSSR count). The van der Waals surface area contributed by atoms with E-state index in [-0.39, 0.29) is 10.6 Å². The van der Waals surface area contributed by atoms with Crippen LogP contribution in [0.3, 0.4) is 0 Å². The van der Waals surface area contributed by atoms with Gasteiger partial charge in [0.2, 0.25) is 0 Å². The maximum Gasteiger partial charge on any atom is 0.292 e. The third-order valence-corrected chi connectivity index (χ3v) is 3.18. The summed E-state index contributed by atoms with van der Waals surface area (Å²) in [6.07, 6.45) is 2.19. The van der Waals surface area contributed by atoms with Gasteiger partial charge in [0.1, 0.15) is 5.69 Å². The highest BCUT2D eigenvalue weighted by Gasteiger charge is 2.17. The summed E-state index contributed by atoms with van der Waals surface area (Å²) in [6, 6.07) is 5.13. The van der Waals surface area contributed by atoms with E-state index in [4.69, 9.17) is 4.74 Å². The Morgan fingerprint density at radius 3 is 3.06 bits per heavy atom. The number of nitro benzene ring substituents is 1. The van der Waals surface area contributed by atoms with Crippen LogP contribution in [0.2, 0.25) is 0 Å². The van der Waals surface area contributed by atoms with Crippen molar-refractivity contribution in [3.05, 3.63) is 33.9 Å². The molecule has 1 saturated heterocycles. The lowest BCUT2D eigenvalue weighted by atomic mass is 10.0. The standard InChI is InChI=1S/C13H18N2O3/c1-10-4-5-13(15(16)17)12(7-10)14-8-11-3-2-6-18-9-11/h4-5,7,11,14H,2-3,6,8-9H2,1H3. The summed E-state index contributed by atoms with van der Waals surface area (Å²) in [7, 11) is 0. The molecule has 0 spiro atoms. The molecule has 0 saturated carbocycles. The molecular weight excluding hydrogens is 232 g/mol. The predicted octanol–water partition coefficient (Wildman–Crippen LogP) is 2.74. The van der Waals surface area contributed by atoms with Gasteiger partial charge in [-0.3, -0.25) is 10.1 Å². The van der Waals surface area contributed by atoms with Crippen LogP contribution in [0.25, 0.3) is 0 Å². The summed E-state index contributed by atoms with van der Waals surface area (Å²) >= 11 is 0. The highest BCUT2D eigenvalue weighted by atomic mass is 16.6. The third kappa shape index (κ3) is 3.20. The highest BCUT2D eigenvalue weighted by Crippen LogP contribution is 2.26. The van der Waals surface area contributed by atoms with Crippen molar-refractivity contribution >= 4 is 11.4 Å². The van der Waals surface area contributed by atoms with E-state index >= 15 is 0 Å². The van der Waals surface area contributed by atoms with E-state index in [1.54, 1.807) is 12.1 Å². The fraction of sp³-hybridized carbons (Fsp3) is 0.538. The minimum absolute atomic E-state index is 0.136. The molecule has 0 aromatic heterocycles. The van der Waals surface area contributed by atoms with E-state index in [1.807, 2.05) is 13.0 Å². The molecule has 5 heteroatoms. The van der Waals surface area contributed by atoms with Crippen LogP contribution in [0.15, 0.2) is 18.2 Å². The Labute approximate surface area is 106 Å². The van der Waals surface area contributed by atoms with Gasteiger partial charge in [-0.15, -0.1) is 0 Å². The van der Waals surface area contributed by atoms with E-state index in [0.29, 0.717) is 11.6 Å². The largest absolute Gasteiger partial charge is 0.381 e. The monoisotopic (exact) mass is 250 g/mol. The zero-order valence-corrected chi connectivity index (χ0v) is 10.5. The lowest BCUT2D eigenvalue weighted by Gasteiger charge is -2.22. The molecule has 1 aromatic carbocycles. The van der Waals surface area contributed by atoms with E-state index < -0.39 is 0 Å². The van der Waals surface area contributed by atoms with Crippen LogP contribution in [-0.4, -0.2) is 24.7 Å². The van der Waals surface area contributed by atoms with Crippen molar-refractivity contribution in [2.24, 2.45) is 5.92 Å². The van der Waals surface area contributed by atoms with Crippen LogP contribution in [0.5, 0.6) is 0 Å². The Kier molecular flexibility index (Phi) is 4.15. The Morgan fingerprint density at radius 2 is 2.39 bits per heavy atom. The average molecular weight is 250 g/mol. The van der Waals surface area contributed by atoms with Crippen LogP contribution >= 0.6 is 0 Å². The first-order chi connectivity index (χ1) is 8.66. The molecule has 1 fully saturated rings. The molecule has 0 amide bonds. The molecule has 1 aliphatic rings. The highest BCUT2D eigenvalue weighted by molar-refractivity contribution is 5.62. The number of hydrogen-bond donors (Lipinski definition) is 1. The van der Waals surface area contributed by atoms with Crippen molar-refractivity contribution in [1.29, 1.82) is 0 Å². The Morgan fingerprint density at radius 1 is 1.56 bits per heavy atom. The van der Waals surface area contributed by atoms with E-state index in [1.165, 1.54) is 0 Å². The van der Waals surface area contributed by atoms with Gasteiger partial charge in [-0.1, -0.05) is 6.07 Å². The Balaban J connectivity index is 2.03. The Bertz CT molecular complexity index is 428. The van der Waals surface area contributed by atoms with Gasteiger partial charge in [0.15, 0.2) is 0 Å². The number of aryl methyl sites for hydroxylation is 1. The minimum Gasteiger partial charge on any atom is -0.381 e. The fourth-order valence-electron chi connectivity index (χ4n) is 2.17. The number of rotatable bonds is 4. The van der Waals surface area contributed by atoms with Gasteiger partial charge >= 0.3 is 0 Å². The lowest BCUT2D eigenvalue weighted by Crippen LogP contribution is -2.24. The van der Waals surface area contributed by atoms with Gasteiger partial charge in [0, 0.05) is 19.2 Å². The fourth-order valence-corrected chi connectivity index (χ4v) is 2.17. The summed E-state index contributed by atoms with van der Waals surface area (Å²) in [5.74, 6) is 0.443. The number of hydrogen-bond acceptors (Lipinski definition) is 4. The van der Waals surface area contributed by atoms with Crippen LogP contribution in [0, 0.1) is 23.0 Å². The van der Waals surface area contributed by atoms with Gasteiger partial charge in [-0.25, -0.2) is 0 Å². The second kappa shape index (κ2) is 5.82. The summed E-state index contributed by atoms with van der Waals surface area (Å²) in [4.78, 5) is 10.6. The summed E-state index contributed by atoms with van der Waals surface area (Å²) in [6.45, 7) is 4.23. The van der Waals surface area contributed by atoms with Gasteiger partial charge in [0.05, 0.1) is 11.5 Å². The van der Waals surface area contributed by atoms with Gasteiger partial charge < -0.3 is 10.1 Å². The number of benzene rings is 1. The molecule has 5 nitrogen and oxygen atoms in total. The second-order valence-corrected chi connectivity index (χ2v) is 4.74. The number of nitrogens with one attached hydrogen (secondary N) is 1. The normalized spacial score (nSPS) is 19.5. The number of nitro groups is 1. The first kappa shape index (κ1) is 12.8. The van der Waals surface area contributed by atoms with E-state index in [9.17, 15) is 10.1 Å². The van der Waals surface area contributed by atoms with Crippen molar-refractivity contribution in [3.8, 4) is 0 Å². The number of ether oxygens (including phenoxy) is 1. The molecule has 1 unspecified atom stereocenters. The van der Waals surface area contributed by atoms with Crippen LogP contribution in [-0.2, 0) is 4.74 Å². The smallest absolute Gasteiger partial charge is 0.292 e. The van der Waals surface area contributed by atoms with Crippen molar-refractivity contribution in [2.45, 2.75) is 19.8 Å². The van der Waals surface area contributed by atoms with Crippen LogP contribution in [0.1, 0.15) is 18.4 Å². The van der Waals surface area contributed by atoms with Crippen LogP contribution in [0.4, 0.5) is 11.4 Å². The molecule has 1 heterocycles. The van der Waals surface area contributed by atoms with Crippen molar-refractivity contribution in [2.75, 3.05) is 25.1 Å². The average Bonchev–Trinajstić information content (AvgIpc) is 2.37. The molecular formula is C13H18N2O3. The molecule has 1 N–H and O–H groups in total. The first-order valence-corrected chi connectivity index (χ1v) is 6.23. The summed E-state index contributed by atoms with van der Waals surface area (Å²) < 4.78 is 5.40. The second-order valence-electron chi connectivity index (χ2n) is 4.74. The molecule has 98 valence electrons. The number of anilines is 1. The van der Waals surface area contributed by atoms with Crippen molar-refractivity contribution in [3.63, 3.8) is 0 Å². The molecule has 0 radical (unpaired) electrons. The third-order valence-electron chi connectivity index (χ3n) is 3.18. The number of nitrogens with zero attached hydrogens (tertiary/aromatic N) is 1. The predicted molar refractivity (Wildman–Crippen MR) is 69.9 cm³/mol. The molecule has 1 aromatic rings. The maximum absolute atomic E-state index is 10.9. The Hall–Kier alpha value is -1.62. The van der Waals surface area contributed by atoms with Crippen LogP contribution < -0.4 is 5.32 Å². The molecule has 1 aliphatic heterocycles. The zero-order valence-electron chi connectivity index (χ0n) is 10.5. The SMILES string of the molecule is Cc1ccc([N+](=O)[O-])c(NCC2CCCOC2)c1. The van der Waals surface area contributed by atoms with E-state index in [2.05, 4.69) is 5.32 Å². The molecule has 0 aliphatic carbocycles. The minimum atomic E-state index is -0.348. The van der Waals surface area contributed by atoms with Gasteiger partial charge in [-0.2, -0.15) is 0 Å². The molecule has 1 atom stereocenters. The topological polar surface area (TPSA) is 64.4 Å². The first-order valence-electron chi connectivity index (χ1n) is 6.23. The zero-order chi connectivity index (χ0) is 13.0. The quantitative estimate of drug-likeness (QED) is 0.659. The van der Waals surface area contributed by atoms with Crippen molar-refractivity contribution in [1.82, 2.24) is 0 Å². The maximum atomic E-state index is 10.9. The van der Waals surface area contributed by atoms with Gasteiger partial charge in [0.25, 0.3) is 5.69 Å². The molecule has 0 bridgehead atoms. The molecule has 18 heavy (non-hydrogen) atoms. The summed E-state index contributed by atoms with van der Waals surface area (Å²) in [5, 5.41) is 14.1. The van der Waals surface area contributed by atoms with Gasteiger partial charge in [-0.05, 0) is 37.3 Å². The lowest BCUT2D eigenvalue weighted by molar-refractivity contribution is -0.384. The van der Waals surface area contributed by atoms with Crippen molar-refractivity contribution < 1.29 is 9.66 Å². The van der Waals surface area contributed by atoms with E-state index in [0.717, 1.165) is 38.2 Å². The summed E-state index contributed by atoms with van der Waals surface area (Å²) in [5.41, 5.74) is 1.76.